The molecule has 96 valence electrons. The number of rotatable bonds is 1. The van der Waals surface area contributed by atoms with Gasteiger partial charge in [-0.25, -0.2) is 9.97 Å². The Morgan fingerprint density at radius 1 is 1.00 bits per heavy atom. The quantitative estimate of drug-likeness (QED) is 0.626. The Hall–Kier alpha value is -1.87. The van der Waals surface area contributed by atoms with Crippen LogP contribution in [0.3, 0.4) is 0 Å². The van der Waals surface area contributed by atoms with Gasteiger partial charge in [0.1, 0.15) is 17.1 Å². The normalized spacial score (nSPS) is 11.2. The van der Waals surface area contributed by atoms with E-state index >= 15 is 0 Å². The van der Waals surface area contributed by atoms with E-state index in [1.165, 1.54) is 11.9 Å². The largest absolute Gasteiger partial charge is 0.298 e. The molecule has 2 heterocycles. The summed E-state index contributed by atoms with van der Waals surface area (Å²) in [5.74, 6) is 0. The summed E-state index contributed by atoms with van der Waals surface area (Å²) >= 11 is 6.20. The second-order valence-corrected chi connectivity index (χ2v) is 5.10. The van der Waals surface area contributed by atoms with Crippen LogP contribution in [0.2, 0.25) is 5.15 Å². The van der Waals surface area contributed by atoms with E-state index in [0.29, 0.717) is 5.15 Å². The SMILES string of the molecule is Cc1ccc(-n2c(C)c(C)c3c(Cl)ncnc32)cc1. The van der Waals surface area contributed by atoms with Gasteiger partial charge in [0, 0.05) is 11.4 Å². The molecule has 0 bridgehead atoms. The lowest BCUT2D eigenvalue weighted by Crippen LogP contribution is -1.98. The summed E-state index contributed by atoms with van der Waals surface area (Å²) in [5, 5.41) is 1.44. The minimum absolute atomic E-state index is 0.511. The molecular weight excluding hydrogens is 258 g/mol. The standard InChI is InChI=1S/C15H14ClN3/c1-9-4-6-12(7-5-9)19-11(3)10(2)13-14(16)17-8-18-15(13)19/h4-8H,1-3H3. The van der Waals surface area contributed by atoms with Crippen molar-refractivity contribution in [3.05, 3.63) is 52.6 Å². The molecule has 1 aromatic carbocycles. The molecule has 3 aromatic rings. The van der Waals surface area contributed by atoms with E-state index in [1.807, 2.05) is 0 Å². The van der Waals surface area contributed by atoms with E-state index < -0.39 is 0 Å². The lowest BCUT2D eigenvalue weighted by atomic mass is 10.2. The second-order valence-electron chi connectivity index (χ2n) is 4.74. The average molecular weight is 272 g/mol. The van der Waals surface area contributed by atoms with Gasteiger partial charge in [0.15, 0.2) is 0 Å². The van der Waals surface area contributed by atoms with Crippen molar-refractivity contribution in [1.82, 2.24) is 14.5 Å². The van der Waals surface area contributed by atoms with Gasteiger partial charge in [-0.05, 0) is 38.5 Å². The minimum atomic E-state index is 0.511. The highest BCUT2D eigenvalue weighted by atomic mass is 35.5. The maximum Gasteiger partial charge on any atom is 0.149 e. The van der Waals surface area contributed by atoms with E-state index in [0.717, 1.165) is 28.0 Å². The molecule has 0 aliphatic rings. The van der Waals surface area contributed by atoms with E-state index in [2.05, 4.69) is 59.6 Å². The molecule has 4 heteroatoms. The Morgan fingerprint density at radius 2 is 1.68 bits per heavy atom. The van der Waals surface area contributed by atoms with Crippen LogP contribution in [0.15, 0.2) is 30.6 Å². The molecule has 3 nitrogen and oxygen atoms in total. The topological polar surface area (TPSA) is 30.7 Å². The zero-order valence-electron chi connectivity index (χ0n) is 11.1. The van der Waals surface area contributed by atoms with Gasteiger partial charge >= 0.3 is 0 Å². The Bertz CT molecular complexity index is 757. The van der Waals surface area contributed by atoms with Crippen LogP contribution in [0.4, 0.5) is 0 Å². The van der Waals surface area contributed by atoms with Gasteiger partial charge in [0.2, 0.25) is 0 Å². The summed E-state index contributed by atoms with van der Waals surface area (Å²) in [4.78, 5) is 8.46. The van der Waals surface area contributed by atoms with Crippen LogP contribution < -0.4 is 0 Å². The summed E-state index contributed by atoms with van der Waals surface area (Å²) in [6.07, 6.45) is 1.51. The second kappa shape index (κ2) is 4.35. The molecular formula is C15H14ClN3. The molecule has 0 fully saturated rings. The van der Waals surface area contributed by atoms with Crippen molar-refractivity contribution in [1.29, 1.82) is 0 Å². The molecule has 0 amide bonds. The van der Waals surface area contributed by atoms with E-state index in [9.17, 15) is 0 Å². The molecule has 0 aliphatic carbocycles. The fourth-order valence-corrected chi connectivity index (χ4v) is 2.63. The summed E-state index contributed by atoms with van der Waals surface area (Å²) in [6, 6.07) is 8.38. The van der Waals surface area contributed by atoms with Crippen molar-refractivity contribution in [3.8, 4) is 5.69 Å². The first kappa shape index (κ1) is 12.2. The molecule has 0 atom stereocenters. The number of fused-ring (bicyclic) bond motifs is 1. The summed E-state index contributed by atoms with van der Waals surface area (Å²) in [6.45, 7) is 6.21. The zero-order valence-corrected chi connectivity index (χ0v) is 11.9. The molecule has 3 rings (SSSR count). The predicted octanol–water partition coefficient (Wildman–Crippen LogP) is 4.00. The fraction of sp³-hybridized carbons (Fsp3) is 0.200. The van der Waals surface area contributed by atoms with Gasteiger partial charge < -0.3 is 0 Å². The van der Waals surface area contributed by atoms with E-state index in [-0.39, 0.29) is 0 Å². The third-order valence-electron chi connectivity index (χ3n) is 3.54. The van der Waals surface area contributed by atoms with Crippen molar-refractivity contribution in [3.63, 3.8) is 0 Å². The zero-order chi connectivity index (χ0) is 13.6. The van der Waals surface area contributed by atoms with Gasteiger partial charge in [0.05, 0.1) is 5.39 Å². The third-order valence-corrected chi connectivity index (χ3v) is 3.82. The van der Waals surface area contributed by atoms with Crippen LogP contribution in [-0.2, 0) is 0 Å². The van der Waals surface area contributed by atoms with Crippen LogP contribution in [0.5, 0.6) is 0 Å². The Morgan fingerprint density at radius 3 is 2.37 bits per heavy atom. The van der Waals surface area contributed by atoms with Crippen LogP contribution in [0.1, 0.15) is 16.8 Å². The van der Waals surface area contributed by atoms with Crippen LogP contribution >= 0.6 is 11.6 Å². The molecule has 0 aliphatic heterocycles. The third kappa shape index (κ3) is 1.81. The predicted molar refractivity (Wildman–Crippen MR) is 78.1 cm³/mol. The maximum absolute atomic E-state index is 6.20. The number of hydrogen-bond acceptors (Lipinski definition) is 2. The molecule has 0 radical (unpaired) electrons. The van der Waals surface area contributed by atoms with Gasteiger partial charge in [-0.15, -0.1) is 0 Å². The van der Waals surface area contributed by atoms with Crippen LogP contribution in [0, 0.1) is 20.8 Å². The fourth-order valence-electron chi connectivity index (χ4n) is 2.36. The smallest absolute Gasteiger partial charge is 0.149 e. The number of hydrogen-bond donors (Lipinski definition) is 0. The van der Waals surface area contributed by atoms with Gasteiger partial charge in [-0.3, -0.25) is 4.57 Å². The van der Waals surface area contributed by atoms with Crippen molar-refractivity contribution in [2.75, 3.05) is 0 Å². The highest BCUT2D eigenvalue weighted by Gasteiger charge is 2.16. The molecule has 0 N–H and O–H groups in total. The molecule has 0 saturated heterocycles. The number of aryl methyl sites for hydroxylation is 2. The Labute approximate surface area is 116 Å². The molecule has 0 saturated carbocycles. The van der Waals surface area contributed by atoms with Crippen molar-refractivity contribution in [2.45, 2.75) is 20.8 Å². The van der Waals surface area contributed by atoms with Gasteiger partial charge in [0.25, 0.3) is 0 Å². The molecule has 0 unspecified atom stereocenters. The highest BCUT2D eigenvalue weighted by molar-refractivity contribution is 6.34. The summed E-state index contributed by atoms with van der Waals surface area (Å²) < 4.78 is 2.12. The van der Waals surface area contributed by atoms with Crippen LogP contribution in [-0.4, -0.2) is 14.5 Å². The van der Waals surface area contributed by atoms with Gasteiger partial charge in [-0.1, -0.05) is 29.3 Å². The Balaban J connectivity index is 2.38. The van der Waals surface area contributed by atoms with E-state index in [1.54, 1.807) is 0 Å². The summed E-state index contributed by atoms with van der Waals surface area (Å²) in [5.41, 5.74) is 5.46. The van der Waals surface area contributed by atoms with Crippen molar-refractivity contribution in [2.24, 2.45) is 0 Å². The van der Waals surface area contributed by atoms with Crippen molar-refractivity contribution >= 4 is 22.6 Å². The van der Waals surface area contributed by atoms with Crippen molar-refractivity contribution < 1.29 is 0 Å². The summed E-state index contributed by atoms with van der Waals surface area (Å²) in [7, 11) is 0. The monoisotopic (exact) mass is 271 g/mol. The number of aromatic nitrogens is 3. The Kier molecular flexibility index (Phi) is 2.79. The first-order valence-corrected chi connectivity index (χ1v) is 6.52. The molecule has 19 heavy (non-hydrogen) atoms. The average Bonchev–Trinajstić information content (AvgIpc) is 2.65. The van der Waals surface area contributed by atoms with E-state index in [4.69, 9.17) is 11.6 Å². The molecule has 2 aromatic heterocycles. The van der Waals surface area contributed by atoms with Crippen LogP contribution in [0.25, 0.3) is 16.7 Å². The number of nitrogens with zero attached hydrogens (tertiary/aromatic N) is 3. The first-order chi connectivity index (χ1) is 9.09. The maximum atomic E-state index is 6.20. The lowest BCUT2D eigenvalue weighted by Gasteiger charge is -2.08. The van der Waals surface area contributed by atoms with Gasteiger partial charge in [-0.2, -0.15) is 0 Å². The number of benzene rings is 1. The number of halogens is 1. The first-order valence-electron chi connectivity index (χ1n) is 6.14. The molecule has 0 spiro atoms. The lowest BCUT2D eigenvalue weighted by molar-refractivity contribution is 1.01. The highest BCUT2D eigenvalue weighted by Crippen LogP contribution is 2.30. The minimum Gasteiger partial charge on any atom is -0.298 e.